The number of aromatic nitrogens is 1. The summed E-state index contributed by atoms with van der Waals surface area (Å²) in [6.45, 7) is 0. The van der Waals surface area contributed by atoms with E-state index in [0.29, 0.717) is 17.0 Å². The predicted octanol–water partition coefficient (Wildman–Crippen LogP) is 0.907. The molecule has 16 heavy (non-hydrogen) atoms. The van der Waals surface area contributed by atoms with Gasteiger partial charge in [-0.05, 0) is 12.8 Å². The van der Waals surface area contributed by atoms with Gasteiger partial charge in [0.2, 0.25) is 0 Å². The maximum Gasteiger partial charge on any atom is 0.257 e. The molecule has 1 aliphatic carbocycles. The minimum Gasteiger partial charge on any atom is -0.487 e. The summed E-state index contributed by atoms with van der Waals surface area (Å²) >= 11 is 0. The molecule has 0 atom stereocenters. The molecule has 1 aliphatic rings. The van der Waals surface area contributed by atoms with Crippen molar-refractivity contribution in [3.05, 3.63) is 18.0 Å². The molecule has 1 saturated carbocycles. The van der Waals surface area contributed by atoms with Gasteiger partial charge in [-0.25, -0.2) is 0 Å². The lowest BCUT2D eigenvalue weighted by Crippen LogP contribution is -2.23. The predicted molar refractivity (Wildman–Crippen MR) is 60.3 cm³/mol. The Morgan fingerprint density at radius 1 is 1.50 bits per heavy atom. The van der Waals surface area contributed by atoms with Crippen molar-refractivity contribution in [2.24, 2.45) is 0 Å². The zero-order chi connectivity index (χ0) is 11.7. The van der Waals surface area contributed by atoms with Crippen molar-refractivity contribution in [1.82, 2.24) is 9.88 Å². The van der Waals surface area contributed by atoms with Crippen molar-refractivity contribution in [1.29, 1.82) is 0 Å². The van der Waals surface area contributed by atoms with Crippen LogP contribution in [-0.2, 0) is 0 Å². The fourth-order valence-corrected chi connectivity index (χ4v) is 1.32. The quantitative estimate of drug-likeness (QED) is 0.823. The van der Waals surface area contributed by atoms with Crippen LogP contribution in [0.5, 0.6) is 5.75 Å². The van der Waals surface area contributed by atoms with E-state index in [1.165, 1.54) is 11.1 Å². The fraction of sp³-hybridized carbons (Fsp3) is 0.455. The number of anilines is 1. The number of nitrogens with zero attached hydrogens (tertiary/aromatic N) is 2. The molecule has 2 rings (SSSR count). The Hall–Kier alpha value is -1.78. The molecular weight excluding hydrogens is 206 g/mol. The van der Waals surface area contributed by atoms with Crippen LogP contribution in [-0.4, -0.2) is 36.0 Å². The molecule has 0 bridgehead atoms. The summed E-state index contributed by atoms with van der Waals surface area (Å²) in [5.74, 6) is 0.349. The van der Waals surface area contributed by atoms with Crippen LogP contribution in [0.1, 0.15) is 23.2 Å². The normalized spacial score (nSPS) is 14.6. The Labute approximate surface area is 94.2 Å². The van der Waals surface area contributed by atoms with E-state index in [-0.39, 0.29) is 12.0 Å². The van der Waals surface area contributed by atoms with Gasteiger partial charge < -0.3 is 15.4 Å². The van der Waals surface area contributed by atoms with Crippen LogP contribution in [0.15, 0.2) is 12.4 Å². The lowest BCUT2D eigenvalue weighted by atomic mass is 10.2. The molecule has 1 heterocycles. The van der Waals surface area contributed by atoms with Crippen molar-refractivity contribution >= 4 is 11.6 Å². The summed E-state index contributed by atoms with van der Waals surface area (Å²) in [4.78, 5) is 17.2. The van der Waals surface area contributed by atoms with Crippen molar-refractivity contribution in [2.45, 2.75) is 18.9 Å². The Morgan fingerprint density at radius 3 is 2.75 bits per heavy atom. The third-order valence-electron chi connectivity index (χ3n) is 2.41. The van der Waals surface area contributed by atoms with Crippen LogP contribution >= 0.6 is 0 Å². The minimum absolute atomic E-state index is 0.161. The number of hydrogen-bond donors (Lipinski definition) is 1. The van der Waals surface area contributed by atoms with Gasteiger partial charge in [0.25, 0.3) is 5.91 Å². The van der Waals surface area contributed by atoms with Gasteiger partial charge in [0.05, 0.1) is 23.6 Å². The summed E-state index contributed by atoms with van der Waals surface area (Å²) in [5.41, 5.74) is 6.65. The van der Waals surface area contributed by atoms with Crippen molar-refractivity contribution in [3.63, 3.8) is 0 Å². The molecule has 5 heteroatoms. The van der Waals surface area contributed by atoms with E-state index in [4.69, 9.17) is 10.5 Å². The highest BCUT2D eigenvalue weighted by Crippen LogP contribution is 2.31. The molecule has 5 nitrogen and oxygen atoms in total. The van der Waals surface area contributed by atoms with Gasteiger partial charge in [-0.15, -0.1) is 0 Å². The van der Waals surface area contributed by atoms with Crippen molar-refractivity contribution < 1.29 is 9.53 Å². The number of ether oxygens (including phenoxy) is 1. The number of rotatable bonds is 3. The molecule has 1 aromatic rings. The van der Waals surface area contributed by atoms with E-state index in [0.717, 1.165) is 12.8 Å². The molecule has 1 aromatic heterocycles. The number of pyridine rings is 1. The minimum atomic E-state index is -0.161. The molecule has 1 fully saturated rings. The summed E-state index contributed by atoms with van der Waals surface area (Å²) in [5, 5.41) is 0. The van der Waals surface area contributed by atoms with E-state index >= 15 is 0 Å². The summed E-state index contributed by atoms with van der Waals surface area (Å²) < 4.78 is 5.57. The lowest BCUT2D eigenvalue weighted by Gasteiger charge is -2.14. The van der Waals surface area contributed by atoms with Crippen molar-refractivity contribution in [2.75, 3.05) is 19.8 Å². The van der Waals surface area contributed by atoms with Gasteiger partial charge in [0.1, 0.15) is 0 Å². The molecule has 0 aliphatic heterocycles. The first kappa shape index (κ1) is 10.7. The summed E-state index contributed by atoms with van der Waals surface area (Å²) in [6.07, 6.45) is 5.36. The Kier molecular flexibility index (Phi) is 2.68. The van der Waals surface area contributed by atoms with Gasteiger partial charge in [0.15, 0.2) is 5.75 Å². The SMILES string of the molecule is CN(C)C(=O)c1cncc(OC2CC2)c1N. The number of nitrogens with two attached hydrogens (primary N) is 1. The number of carbonyl (C=O) groups excluding carboxylic acids is 1. The molecule has 2 N–H and O–H groups in total. The highest BCUT2D eigenvalue weighted by molar-refractivity contribution is 5.99. The van der Waals surface area contributed by atoms with Gasteiger partial charge in [-0.1, -0.05) is 0 Å². The Morgan fingerprint density at radius 2 is 2.19 bits per heavy atom. The van der Waals surface area contributed by atoms with E-state index < -0.39 is 0 Å². The van der Waals surface area contributed by atoms with Crippen LogP contribution < -0.4 is 10.5 Å². The molecule has 0 saturated heterocycles. The smallest absolute Gasteiger partial charge is 0.257 e. The molecule has 0 aromatic carbocycles. The topological polar surface area (TPSA) is 68.5 Å². The molecular formula is C11H15N3O2. The summed E-state index contributed by atoms with van der Waals surface area (Å²) in [7, 11) is 3.35. The van der Waals surface area contributed by atoms with Gasteiger partial charge in [-0.2, -0.15) is 0 Å². The average molecular weight is 221 g/mol. The number of carbonyl (C=O) groups is 1. The van der Waals surface area contributed by atoms with Gasteiger partial charge in [0, 0.05) is 20.3 Å². The molecule has 86 valence electrons. The third kappa shape index (κ3) is 2.08. The highest BCUT2D eigenvalue weighted by Gasteiger charge is 2.25. The highest BCUT2D eigenvalue weighted by atomic mass is 16.5. The van der Waals surface area contributed by atoms with E-state index in [9.17, 15) is 4.79 Å². The number of nitrogen functional groups attached to an aromatic ring is 1. The fourth-order valence-electron chi connectivity index (χ4n) is 1.32. The third-order valence-corrected chi connectivity index (χ3v) is 2.41. The largest absolute Gasteiger partial charge is 0.487 e. The maximum atomic E-state index is 11.8. The molecule has 0 unspecified atom stereocenters. The zero-order valence-corrected chi connectivity index (χ0v) is 9.43. The zero-order valence-electron chi connectivity index (χ0n) is 9.43. The summed E-state index contributed by atoms with van der Waals surface area (Å²) in [6, 6.07) is 0. The van der Waals surface area contributed by atoms with Crippen LogP contribution in [0.2, 0.25) is 0 Å². The second kappa shape index (κ2) is 4.00. The van der Waals surface area contributed by atoms with E-state index in [1.54, 1.807) is 20.3 Å². The lowest BCUT2D eigenvalue weighted by molar-refractivity contribution is 0.0827. The van der Waals surface area contributed by atoms with Crippen LogP contribution in [0.25, 0.3) is 0 Å². The number of hydrogen-bond acceptors (Lipinski definition) is 4. The molecule has 0 spiro atoms. The first-order chi connectivity index (χ1) is 7.59. The number of amides is 1. The standard InChI is InChI=1S/C11H15N3O2/c1-14(2)11(15)8-5-13-6-9(10(8)12)16-7-3-4-7/h5-7H,3-4H2,1-2H3,(H2,12,13). The van der Waals surface area contributed by atoms with Crippen LogP contribution in [0.3, 0.4) is 0 Å². The maximum absolute atomic E-state index is 11.8. The first-order valence-corrected chi connectivity index (χ1v) is 5.21. The molecule has 0 radical (unpaired) electrons. The first-order valence-electron chi connectivity index (χ1n) is 5.21. The van der Waals surface area contributed by atoms with Crippen LogP contribution in [0.4, 0.5) is 5.69 Å². The van der Waals surface area contributed by atoms with E-state index in [1.807, 2.05) is 0 Å². The average Bonchev–Trinajstić information content (AvgIpc) is 3.04. The van der Waals surface area contributed by atoms with Gasteiger partial charge >= 0.3 is 0 Å². The Bertz CT molecular complexity index is 414. The van der Waals surface area contributed by atoms with Gasteiger partial charge in [-0.3, -0.25) is 9.78 Å². The monoisotopic (exact) mass is 221 g/mol. The molecule has 1 amide bonds. The second-order valence-electron chi connectivity index (χ2n) is 4.12. The van der Waals surface area contributed by atoms with Crippen molar-refractivity contribution in [3.8, 4) is 5.75 Å². The van der Waals surface area contributed by atoms with Crippen LogP contribution in [0, 0.1) is 0 Å². The van der Waals surface area contributed by atoms with E-state index in [2.05, 4.69) is 4.98 Å². The second-order valence-corrected chi connectivity index (χ2v) is 4.12. The Balaban J connectivity index is 2.27.